The molecule has 0 aliphatic carbocycles. The minimum atomic E-state index is 0.0512. The van der Waals surface area contributed by atoms with Crippen LogP contribution < -0.4 is 5.32 Å². The van der Waals surface area contributed by atoms with Crippen molar-refractivity contribution in [2.45, 2.75) is 46.3 Å². The third kappa shape index (κ3) is 4.47. The fraction of sp³-hybridized carbons (Fsp3) is 0.421. The van der Waals surface area contributed by atoms with Crippen molar-refractivity contribution in [3.05, 3.63) is 48.5 Å². The predicted molar refractivity (Wildman–Crippen MR) is 97.9 cm³/mol. The molecule has 0 unspecified atom stereocenters. The summed E-state index contributed by atoms with van der Waals surface area (Å²) in [5.74, 6) is 1.48. The number of hydrogen-bond donors (Lipinski definition) is 1. The number of benzene rings is 1. The minimum Gasteiger partial charge on any atom is -0.349 e. The molecule has 1 N–H and O–H groups in total. The molecule has 0 saturated carbocycles. The van der Waals surface area contributed by atoms with E-state index in [-0.39, 0.29) is 5.91 Å². The van der Waals surface area contributed by atoms with Crippen molar-refractivity contribution in [1.82, 2.24) is 24.6 Å². The Kier molecular flexibility index (Phi) is 5.48. The molecule has 0 spiro atoms. The van der Waals surface area contributed by atoms with Gasteiger partial charge in [0, 0.05) is 31.9 Å². The fourth-order valence-corrected chi connectivity index (χ4v) is 2.93. The Morgan fingerprint density at radius 1 is 1.24 bits per heavy atom. The molecule has 0 aliphatic heterocycles. The van der Waals surface area contributed by atoms with E-state index in [9.17, 15) is 4.79 Å². The first-order chi connectivity index (χ1) is 12.1. The van der Waals surface area contributed by atoms with Gasteiger partial charge in [-0.1, -0.05) is 26.0 Å². The van der Waals surface area contributed by atoms with Gasteiger partial charge in [-0.2, -0.15) is 5.10 Å². The normalized spacial score (nSPS) is 11.3. The average molecular weight is 339 g/mol. The van der Waals surface area contributed by atoms with Crippen LogP contribution in [0.1, 0.15) is 32.5 Å². The van der Waals surface area contributed by atoms with Gasteiger partial charge >= 0.3 is 0 Å². The molecule has 0 atom stereocenters. The zero-order chi connectivity index (χ0) is 17.6. The number of rotatable bonds is 8. The van der Waals surface area contributed by atoms with Crippen LogP contribution in [0, 0.1) is 5.92 Å². The highest BCUT2D eigenvalue weighted by Crippen LogP contribution is 2.17. The second-order valence-corrected chi connectivity index (χ2v) is 6.67. The summed E-state index contributed by atoms with van der Waals surface area (Å²) >= 11 is 0. The van der Waals surface area contributed by atoms with Crippen LogP contribution in [-0.2, 0) is 24.4 Å². The Balaban J connectivity index is 1.59. The molecule has 6 heteroatoms. The molecule has 6 nitrogen and oxygen atoms in total. The van der Waals surface area contributed by atoms with Gasteiger partial charge in [-0.3, -0.25) is 9.48 Å². The number of aryl methyl sites for hydroxylation is 1. The van der Waals surface area contributed by atoms with E-state index in [0.29, 0.717) is 18.9 Å². The lowest BCUT2D eigenvalue weighted by atomic mass is 10.2. The Morgan fingerprint density at radius 2 is 2.08 bits per heavy atom. The summed E-state index contributed by atoms with van der Waals surface area (Å²) in [4.78, 5) is 16.8. The van der Waals surface area contributed by atoms with Crippen molar-refractivity contribution in [2.75, 3.05) is 0 Å². The van der Waals surface area contributed by atoms with Gasteiger partial charge in [-0.05, 0) is 30.5 Å². The number of aromatic nitrogens is 4. The molecule has 0 bridgehead atoms. The van der Waals surface area contributed by atoms with Crippen LogP contribution >= 0.6 is 0 Å². The summed E-state index contributed by atoms with van der Waals surface area (Å²) in [5, 5.41) is 7.14. The van der Waals surface area contributed by atoms with Gasteiger partial charge in [-0.15, -0.1) is 0 Å². The van der Waals surface area contributed by atoms with Gasteiger partial charge in [-0.25, -0.2) is 4.98 Å². The first kappa shape index (κ1) is 17.2. The highest BCUT2D eigenvalue weighted by molar-refractivity contribution is 5.77. The average Bonchev–Trinajstić information content (AvgIpc) is 3.21. The van der Waals surface area contributed by atoms with Gasteiger partial charge in [0.2, 0.25) is 5.91 Å². The number of para-hydroxylation sites is 2. The number of carbonyl (C=O) groups is 1. The minimum absolute atomic E-state index is 0.0512. The number of amides is 1. The quantitative estimate of drug-likeness (QED) is 0.686. The van der Waals surface area contributed by atoms with Crippen LogP contribution in [0.5, 0.6) is 0 Å². The fourth-order valence-electron chi connectivity index (χ4n) is 2.93. The SMILES string of the molecule is CC(C)Cn1c(CNC(=O)CCCn2cccn2)nc2ccccc21. The highest BCUT2D eigenvalue weighted by atomic mass is 16.1. The number of imidazole rings is 1. The third-order valence-corrected chi connectivity index (χ3v) is 4.08. The maximum atomic E-state index is 12.1. The molecule has 3 aromatic rings. The molecule has 1 aromatic carbocycles. The maximum Gasteiger partial charge on any atom is 0.220 e. The Labute approximate surface area is 147 Å². The van der Waals surface area contributed by atoms with Crippen molar-refractivity contribution in [3.8, 4) is 0 Å². The topological polar surface area (TPSA) is 64.7 Å². The maximum absolute atomic E-state index is 12.1. The molecular weight excluding hydrogens is 314 g/mol. The van der Waals surface area contributed by atoms with Crippen molar-refractivity contribution >= 4 is 16.9 Å². The lowest BCUT2D eigenvalue weighted by Crippen LogP contribution is -2.25. The van der Waals surface area contributed by atoms with Crippen LogP contribution in [0.25, 0.3) is 11.0 Å². The van der Waals surface area contributed by atoms with Crippen molar-refractivity contribution in [2.24, 2.45) is 5.92 Å². The molecular formula is C19H25N5O. The predicted octanol–water partition coefficient (Wildman–Crippen LogP) is 2.99. The summed E-state index contributed by atoms with van der Waals surface area (Å²) in [6.45, 7) is 6.48. The molecule has 0 saturated heterocycles. The molecule has 0 aliphatic rings. The van der Waals surface area contributed by atoms with Crippen molar-refractivity contribution in [1.29, 1.82) is 0 Å². The zero-order valence-electron chi connectivity index (χ0n) is 14.9. The van der Waals surface area contributed by atoms with E-state index >= 15 is 0 Å². The van der Waals surface area contributed by atoms with Gasteiger partial charge in [0.25, 0.3) is 0 Å². The summed E-state index contributed by atoms with van der Waals surface area (Å²) in [5.41, 5.74) is 2.10. The van der Waals surface area contributed by atoms with Crippen LogP contribution in [-0.4, -0.2) is 25.2 Å². The second-order valence-electron chi connectivity index (χ2n) is 6.67. The summed E-state index contributed by atoms with van der Waals surface area (Å²) in [7, 11) is 0. The smallest absolute Gasteiger partial charge is 0.220 e. The van der Waals surface area contributed by atoms with Crippen LogP contribution in [0.4, 0.5) is 0 Å². The van der Waals surface area contributed by atoms with Crippen molar-refractivity contribution < 1.29 is 4.79 Å². The number of nitrogens with zero attached hydrogens (tertiary/aromatic N) is 4. The summed E-state index contributed by atoms with van der Waals surface area (Å²) in [6.07, 6.45) is 4.92. The molecule has 132 valence electrons. The standard InChI is InChI=1S/C19H25N5O/c1-15(2)14-24-17-8-4-3-7-16(17)22-18(24)13-20-19(25)9-5-11-23-12-6-10-21-23/h3-4,6-8,10,12,15H,5,9,11,13-14H2,1-2H3,(H,20,25). The molecule has 2 heterocycles. The lowest BCUT2D eigenvalue weighted by Gasteiger charge is -2.12. The molecule has 0 fully saturated rings. The Morgan fingerprint density at radius 3 is 2.84 bits per heavy atom. The van der Waals surface area contributed by atoms with E-state index in [1.807, 2.05) is 35.1 Å². The van der Waals surface area contributed by atoms with Crippen molar-refractivity contribution in [3.63, 3.8) is 0 Å². The number of fused-ring (bicyclic) bond motifs is 1. The largest absolute Gasteiger partial charge is 0.349 e. The summed E-state index contributed by atoms with van der Waals surface area (Å²) in [6, 6.07) is 10.0. The van der Waals surface area contributed by atoms with Gasteiger partial charge in [0.05, 0.1) is 17.6 Å². The molecule has 3 rings (SSSR count). The van der Waals surface area contributed by atoms with Crippen LogP contribution in [0.3, 0.4) is 0 Å². The van der Waals surface area contributed by atoms with Crippen LogP contribution in [0.15, 0.2) is 42.7 Å². The zero-order valence-corrected chi connectivity index (χ0v) is 14.9. The Bertz CT molecular complexity index is 820. The number of hydrogen-bond acceptors (Lipinski definition) is 3. The van der Waals surface area contributed by atoms with E-state index in [1.165, 1.54) is 0 Å². The van der Waals surface area contributed by atoms with Gasteiger partial charge < -0.3 is 9.88 Å². The first-order valence-electron chi connectivity index (χ1n) is 8.82. The lowest BCUT2D eigenvalue weighted by molar-refractivity contribution is -0.121. The molecule has 2 aromatic heterocycles. The molecule has 1 amide bonds. The Hall–Kier alpha value is -2.63. The first-order valence-corrected chi connectivity index (χ1v) is 8.82. The van der Waals surface area contributed by atoms with E-state index < -0.39 is 0 Å². The van der Waals surface area contributed by atoms with E-state index in [0.717, 1.165) is 36.4 Å². The van der Waals surface area contributed by atoms with E-state index in [4.69, 9.17) is 4.98 Å². The number of carbonyl (C=O) groups excluding carboxylic acids is 1. The highest BCUT2D eigenvalue weighted by Gasteiger charge is 2.12. The monoisotopic (exact) mass is 339 g/mol. The molecule has 25 heavy (non-hydrogen) atoms. The second kappa shape index (κ2) is 7.96. The summed E-state index contributed by atoms with van der Waals surface area (Å²) < 4.78 is 4.05. The molecule has 0 radical (unpaired) electrons. The van der Waals surface area contributed by atoms with E-state index in [1.54, 1.807) is 6.20 Å². The third-order valence-electron chi connectivity index (χ3n) is 4.08. The number of nitrogens with one attached hydrogen (secondary N) is 1. The van der Waals surface area contributed by atoms with Crippen LogP contribution in [0.2, 0.25) is 0 Å². The van der Waals surface area contributed by atoms with E-state index in [2.05, 4.69) is 34.9 Å². The van der Waals surface area contributed by atoms with Gasteiger partial charge in [0.15, 0.2) is 0 Å². The van der Waals surface area contributed by atoms with Gasteiger partial charge in [0.1, 0.15) is 5.82 Å².